The first-order chi connectivity index (χ1) is 0. The Morgan fingerprint density at radius 2 is 0.500 bits per heavy atom. The summed E-state index contributed by atoms with van der Waals surface area (Å²) in [6.45, 7) is 0. The molecule has 0 heterocycles. The van der Waals surface area contributed by atoms with Gasteiger partial charge in [-0.1, -0.05) is 0 Å². The van der Waals surface area contributed by atoms with E-state index in [1.165, 1.54) is 0 Å². The first-order valence-electron chi connectivity index (χ1n) is 0. The van der Waals surface area contributed by atoms with E-state index in [2.05, 4.69) is 0 Å². The molecule has 0 bridgehead atoms. The molecule has 16 valence electrons. The van der Waals surface area contributed by atoms with Crippen LogP contribution in [0.5, 0.6) is 0 Å². The van der Waals surface area contributed by atoms with Crippen LogP contribution in [0.3, 0.4) is 0 Å². The van der Waals surface area contributed by atoms with Crippen molar-refractivity contribution in [1.82, 2.24) is 0 Å². The van der Waals surface area contributed by atoms with Crippen molar-refractivity contribution in [3.05, 3.63) is 0 Å². The van der Waals surface area contributed by atoms with Gasteiger partial charge in [-0.05, 0) is 0 Å². The van der Waals surface area contributed by atoms with E-state index >= 15 is 0 Å². The Morgan fingerprint density at radius 1 is 0.500 bits per heavy atom. The van der Waals surface area contributed by atoms with Crippen LogP contribution >= 0.6 is 0 Å². The van der Waals surface area contributed by atoms with Crippen LogP contribution < -0.4 is 68.5 Å². The molecule has 0 aromatic heterocycles. The maximum absolute atomic E-state index is 0. The molecule has 4 heteroatoms. The smallest absolute Gasteiger partial charge is 1.00 e. The predicted molar refractivity (Wildman–Crippen MR) is 0 cm³/mol. The molecule has 0 saturated heterocycles. The van der Waals surface area contributed by atoms with Gasteiger partial charge < -0.3 is 9.41 Å². The van der Waals surface area contributed by atoms with Crippen molar-refractivity contribution in [2.75, 3.05) is 0 Å². The summed E-state index contributed by atoms with van der Waals surface area (Å²) in [5.41, 5.74) is 0. The molecule has 0 aliphatic heterocycles. The molecule has 0 radical (unpaired) electrons. The van der Waals surface area contributed by atoms with Crippen LogP contribution in [0, 0.1) is 0 Å². The van der Waals surface area contributed by atoms with E-state index in [9.17, 15) is 0 Å². The number of halogens is 2. The van der Waals surface area contributed by atoms with Gasteiger partial charge in [-0.25, -0.2) is 0 Å². The predicted octanol–water partition coefficient (Wildman–Crippen LogP) is -12.0. The molecule has 0 saturated carbocycles. The Labute approximate surface area is 67.7 Å². The topological polar surface area (TPSA) is 0 Å². The van der Waals surface area contributed by atoms with Crippen molar-refractivity contribution in [3.8, 4) is 0 Å². The molecule has 0 aliphatic rings. The molecular formula is F2Na2. The quantitative estimate of drug-likeness (QED) is 0.256. The second-order valence-electron chi connectivity index (χ2n) is 0. The summed E-state index contributed by atoms with van der Waals surface area (Å²) in [4.78, 5) is 0. The fourth-order valence-electron chi connectivity index (χ4n) is 0. The van der Waals surface area contributed by atoms with Gasteiger partial charge >= 0.3 is 59.1 Å². The largest absolute Gasteiger partial charge is 1.00 e. The van der Waals surface area contributed by atoms with Crippen molar-refractivity contribution in [3.63, 3.8) is 0 Å². The van der Waals surface area contributed by atoms with Gasteiger partial charge in [0.15, 0.2) is 0 Å². The molecular weight excluding hydrogens is 84.0 g/mol. The molecule has 0 fully saturated rings. The molecule has 0 unspecified atom stereocenters. The second kappa shape index (κ2) is 20.9. The van der Waals surface area contributed by atoms with Gasteiger partial charge in [-0.3, -0.25) is 0 Å². The Balaban J connectivity index is 0. The molecule has 0 amide bonds. The summed E-state index contributed by atoms with van der Waals surface area (Å²) in [6, 6.07) is 0. The number of hydrogen-bond donors (Lipinski definition) is 0. The van der Waals surface area contributed by atoms with Gasteiger partial charge in [-0.15, -0.1) is 0 Å². The molecule has 0 aromatic carbocycles. The molecule has 0 nitrogen and oxygen atoms in total. The maximum Gasteiger partial charge on any atom is 1.00 e. The summed E-state index contributed by atoms with van der Waals surface area (Å²) in [5, 5.41) is 0. The Bertz CT molecular complexity index is 4.00. The van der Waals surface area contributed by atoms with Crippen LogP contribution in [0.15, 0.2) is 0 Å². The SMILES string of the molecule is [F-].[F-].[Na+].[Na+]. The molecule has 0 spiro atoms. The Hall–Kier alpha value is 1.86. The third kappa shape index (κ3) is 9.13. The minimum absolute atomic E-state index is 0. The van der Waals surface area contributed by atoms with E-state index in [1.807, 2.05) is 0 Å². The summed E-state index contributed by atoms with van der Waals surface area (Å²) < 4.78 is 0. The van der Waals surface area contributed by atoms with Crippen molar-refractivity contribution >= 4 is 0 Å². The molecule has 0 N–H and O–H groups in total. The second-order valence-corrected chi connectivity index (χ2v) is 0. The third-order valence-corrected chi connectivity index (χ3v) is 0. The van der Waals surface area contributed by atoms with Crippen LogP contribution in [0.2, 0.25) is 0 Å². The van der Waals surface area contributed by atoms with Crippen LogP contribution in [0.4, 0.5) is 0 Å². The van der Waals surface area contributed by atoms with Gasteiger partial charge in [0.25, 0.3) is 0 Å². The van der Waals surface area contributed by atoms with E-state index in [0.717, 1.165) is 0 Å². The van der Waals surface area contributed by atoms with E-state index in [0.29, 0.717) is 0 Å². The first kappa shape index (κ1) is 40.0. The summed E-state index contributed by atoms with van der Waals surface area (Å²) >= 11 is 0. The van der Waals surface area contributed by atoms with Gasteiger partial charge in [0.1, 0.15) is 0 Å². The van der Waals surface area contributed by atoms with E-state index in [4.69, 9.17) is 0 Å². The van der Waals surface area contributed by atoms with Crippen molar-refractivity contribution in [2.45, 2.75) is 0 Å². The van der Waals surface area contributed by atoms with Crippen LogP contribution in [0.1, 0.15) is 0 Å². The molecule has 0 aliphatic carbocycles. The molecule has 0 rings (SSSR count). The van der Waals surface area contributed by atoms with Crippen LogP contribution in [-0.4, -0.2) is 0 Å². The number of hydrogen-bond acceptors (Lipinski definition) is 0. The minimum Gasteiger partial charge on any atom is -1.00 e. The first-order valence-corrected chi connectivity index (χ1v) is 0. The maximum atomic E-state index is 0. The van der Waals surface area contributed by atoms with Gasteiger partial charge in [0, 0.05) is 0 Å². The average molecular weight is 84.0 g/mol. The van der Waals surface area contributed by atoms with Gasteiger partial charge in [-0.2, -0.15) is 0 Å². The van der Waals surface area contributed by atoms with Gasteiger partial charge in [0.05, 0.1) is 0 Å². The monoisotopic (exact) mass is 84.0 g/mol. The number of rotatable bonds is 0. The molecule has 4 heavy (non-hydrogen) atoms. The van der Waals surface area contributed by atoms with Crippen LogP contribution in [0.25, 0.3) is 0 Å². The van der Waals surface area contributed by atoms with Gasteiger partial charge in [0.2, 0.25) is 0 Å². The van der Waals surface area contributed by atoms with Crippen molar-refractivity contribution in [2.24, 2.45) is 0 Å². The normalized spacial score (nSPS) is 0. The molecule has 0 atom stereocenters. The fourth-order valence-corrected chi connectivity index (χ4v) is 0. The minimum atomic E-state index is 0. The Kier molecular flexibility index (Phi) is 209. The Morgan fingerprint density at radius 3 is 0.500 bits per heavy atom. The average Bonchev–Trinajstić information content (AvgIpc) is 0. The summed E-state index contributed by atoms with van der Waals surface area (Å²) in [6.07, 6.45) is 0. The summed E-state index contributed by atoms with van der Waals surface area (Å²) in [7, 11) is 0. The van der Waals surface area contributed by atoms with E-state index < -0.39 is 0 Å². The fraction of sp³-hybridized carbons (Fsp3) is 0. The van der Waals surface area contributed by atoms with Crippen molar-refractivity contribution < 1.29 is 68.5 Å². The third-order valence-electron chi connectivity index (χ3n) is 0. The van der Waals surface area contributed by atoms with Crippen LogP contribution in [-0.2, 0) is 0 Å². The molecule has 0 aromatic rings. The van der Waals surface area contributed by atoms with E-state index in [-0.39, 0.29) is 68.5 Å². The zero-order valence-corrected chi connectivity index (χ0v) is 6.76. The zero-order valence-electron chi connectivity index (χ0n) is 2.76. The zero-order chi connectivity index (χ0) is 0. The van der Waals surface area contributed by atoms with Crippen molar-refractivity contribution in [1.29, 1.82) is 0 Å². The summed E-state index contributed by atoms with van der Waals surface area (Å²) in [5.74, 6) is 0. The van der Waals surface area contributed by atoms with E-state index in [1.54, 1.807) is 0 Å². The standard InChI is InChI=1S/2FH.2Na/h2*1H;;/q;;2*+1/p-2.